The first-order valence-corrected chi connectivity index (χ1v) is 9.57. The van der Waals surface area contributed by atoms with Crippen LogP contribution in [0.2, 0.25) is 0 Å². The van der Waals surface area contributed by atoms with Gasteiger partial charge in [-0.1, -0.05) is 18.2 Å². The summed E-state index contributed by atoms with van der Waals surface area (Å²) >= 11 is 1.49. The molecule has 8 heteroatoms. The quantitative estimate of drug-likeness (QED) is 0.580. The number of rotatable bonds is 4. The second-order valence-electron chi connectivity index (χ2n) is 6.26. The minimum absolute atomic E-state index is 0.0547. The molecule has 0 N–H and O–H groups in total. The fraction of sp³-hybridized carbons (Fsp3) is 0.316. The number of nitro groups is 1. The molecule has 2 aromatic carbocycles. The van der Waals surface area contributed by atoms with Gasteiger partial charge in [-0.15, -0.1) is 0 Å². The highest BCUT2D eigenvalue weighted by molar-refractivity contribution is 7.99. The van der Waals surface area contributed by atoms with E-state index in [-0.39, 0.29) is 23.3 Å². The van der Waals surface area contributed by atoms with Gasteiger partial charge in [-0.2, -0.15) is 11.8 Å². The molecule has 1 fully saturated rings. The number of carbonyl (C=O) groups is 1. The van der Waals surface area contributed by atoms with Gasteiger partial charge in [-0.25, -0.2) is 8.78 Å². The number of thioether (sulfide) groups is 1. The Morgan fingerprint density at radius 1 is 1.22 bits per heavy atom. The molecule has 1 atom stereocenters. The Morgan fingerprint density at radius 2 is 2.00 bits per heavy atom. The summed E-state index contributed by atoms with van der Waals surface area (Å²) in [6, 6.07) is 9.59. The van der Waals surface area contributed by atoms with Crippen molar-refractivity contribution < 1.29 is 18.5 Å². The van der Waals surface area contributed by atoms with E-state index in [9.17, 15) is 23.7 Å². The van der Waals surface area contributed by atoms with Crippen molar-refractivity contribution in [2.45, 2.75) is 18.1 Å². The molecule has 27 heavy (non-hydrogen) atoms. The van der Waals surface area contributed by atoms with E-state index in [1.54, 1.807) is 23.1 Å². The van der Waals surface area contributed by atoms with Crippen LogP contribution < -0.4 is 0 Å². The predicted molar refractivity (Wildman–Crippen MR) is 99.6 cm³/mol. The number of hydrogen-bond acceptors (Lipinski definition) is 4. The normalized spacial score (nSPS) is 17.4. The van der Waals surface area contributed by atoms with Crippen LogP contribution in [0.25, 0.3) is 0 Å². The molecule has 1 aliphatic heterocycles. The average Bonchev–Trinajstić information content (AvgIpc) is 2.90. The molecule has 142 valence electrons. The lowest BCUT2D eigenvalue weighted by atomic mass is 10.1. The molecule has 0 aromatic heterocycles. The van der Waals surface area contributed by atoms with Crippen molar-refractivity contribution >= 4 is 23.4 Å². The van der Waals surface area contributed by atoms with Gasteiger partial charge in [0.2, 0.25) is 5.91 Å². The highest BCUT2D eigenvalue weighted by atomic mass is 32.2. The van der Waals surface area contributed by atoms with Crippen LogP contribution in [0, 0.1) is 21.7 Å². The van der Waals surface area contributed by atoms with Gasteiger partial charge in [0, 0.05) is 41.3 Å². The van der Waals surface area contributed by atoms with Gasteiger partial charge in [0.05, 0.1) is 11.3 Å². The predicted octanol–water partition coefficient (Wildman–Crippen LogP) is 4.12. The minimum Gasteiger partial charge on any atom is -0.342 e. The van der Waals surface area contributed by atoms with Crippen LogP contribution in [0.1, 0.15) is 22.8 Å². The lowest BCUT2D eigenvalue weighted by molar-refractivity contribution is -0.385. The van der Waals surface area contributed by atoms with Gasteiger partial charge < -0.3 is 4.90 Å². The highest BCUT2D eigenvalue weighted by Gasteiger charge is 2.25. The van der Waals surface area contributed by atoms with Gasteiger partial charge >= 0.3 is 0 Å². The number of nitrogens with zero attached hydrogens (tertiary/aromatic N) is 2. The standard InChI is InChI=1S/C19H18F2N2O3S/c20-14-5-6-16(21)15(12-14)18-7-8-22(9-10-27-18)19(24)11-13-3-1-2-4-17(13)23(25)26/h1-6,12,18H,7-11H2. The van der Waals surface area contributed by atoms with E-state index in [1.807, 2.05) is 0 Å². The van der Waals surface area contributed by atoms with Crippen molar-refractivity contribution in [3.05, 3.63) is 75.3 Å². The summed E-state index contributed by atoms with van der Waals surface area (Å²) in [6.07, 6.45) is 0.439. The fourth-order valence-electron chi connectivity index (χ4n) is 3.14. The average molecular weight is 392 g/mol. The molecule has 3 rings (SSSR count). The van der Waals surface area contributed by atoms with Crippen molar-refractivity contribution in [1.29, 1.82) is 0 Å². The molecule has 0 aliphatic carbocycles. The maximum absolute atomic E-state index is 14.0. The SMILES string of the molecule is O=C(Cc1ccccc1[N+](=O)[O-])N1CCSC(c2cc(F)ccc2F)CC1. The molecule has 2 aromatic rings. The van der Waals surface area contributed by atoms with E-state index in [1.165, 1.54) is 23.9 Å². The van der Waals surface area contributed by atoms with Gasteiger partial charge in [0.1, 0.15) is 11.6 Å². The number of benzene rings is 2. The first-order valence-electron chi connectivity index (χ1n) is 8.52. The lowest BCUT2D eigenvalue weighted by Crippen LogP contribution is -2.34. The fourth-order valence-corrected chi connectivity index (χ4v) is 4.39. The lowest BCUT2D eigenvalue weighted by Gasteiger charge is -2.20. The summed E-state index contributed by atoms with van der Waals surface area (Å²) in [7, 11) is 0. The Morgan fingerprint density at radius 3 is 2.78 bits per heavy atom. The molecular weight excluding hydrogens is 374 g/mol. The number of hydrogen-bond donors (Lipinski definition) is 0. The van der Waals surface area contributed by atoms with Crippen molar-refractivity contribution in [3.8, 4) is 0 Å². The van der Waals surface area contributed by atoms with Crippen molar-refractivity contribution in [1.82, 2.24) is 4.90 Å². The first kappa shape index (κ1) is 19.3. The Balaban J connectivity index is 1.68. The zero-order valence-electron chi connectivity index (χ0n) is 14.4. The summed E-state index contributed by atoms with van der Waals surface area (Å²) in [4.78, 5) is 24.9. The summed E-state index contributed by atoms with van der Waals surface area (Å²) < 4.78 is 27.5. The maximum atomic E-state index is 14.0. The van der Waals surface area contributed by atoms with E-state index >= 15 is 0 Å². The molecule has 0 radical (unpaired) electrons. The second-order valence-corrected chi connectivity index (χ2v) is 7.57. The third-order valence-corrected chi connectivity index (χ3v) is 5.84. The summed E-state index contributed by atoms with van der Waals surface area (Å²) in [5.41, 5.74) is 0.611. The van der Waals surface area contributed by atoms with Gasteiger partial charge in [0.25, 0.3) is 5.69 Å². The largest absolute Gasteiger partial charge is 0.342 e. The molecular formula is C19H18F2N2O3S. The topological polar surface area (TPSA) is 63.4 Å². The Labute approximate surface area is 159 Å². The molecule has 1 amide bonds. The van der Waals surface area contributed by atoms with Crippen LogP contribution in [-0.2, 0) is 11.2 Å². The maximum Gasteiger partial charge on any atom is 0.273 e. The van der Waals surface area contributed by atoms with E-state index in [0.717, 1.165) is 12.1 Å². The number of amides is 1. The van der Waals surface area contributed by atoms with Crippen LogP contribution in [0.4, 0.5) is 14.5 Å². The second kappa shape index (κ2) is 8.47. The molecule has 1 unspecified atom stereocenters. The molecule has 1 heterocycles. The van der Waals surface area contributed by atoms with Crippen LogP contribution in [0.3, 0.4) is 0 Å². The van der Waals surface area contributed by atoms with Gasteiger partial charge in [-0.05, 0) is 24.6 Å². The number of carbonyl (C=O) groups excluding carboxylic acids is 1. The van der Waals surface area contributed by atoms with E-state index in [0.29, 0.717) is 36.4 Å². The minimum atomic E-state index is -0.496. The third kappa shape index (κ3) is 4.63. The van der Waals surface area contributed by atoms with Gasteiger partial charge in [0.15, 0.2) is 0 Å². The Hall–Kier alpha value is -2.48. The molecule has 0 bridgehead atoms. The zero-order chi connectivity index (χ0) is 19.4. The monoisotopic (exact) mass is 392 g/mol. The van der Waals surface area contributed by atoms with E-state index in [4.69, 9.17) is 0 Å². The number of para-hydroxylation sites is 1. The van der Waals surface area contributed by atoms with Crippen LogP contribution in [0.15, 0.2) is 42.5 Å². The van der Waals surface area contributed by atoms with E-state index < -0.39 is 16.6 Å². The highest BCUT2D eigenvalue weighted by Crippen LogP contribution is 2.36. The smallest absolute Gasteiger partial charge is 0.273 e. The van der Waals surface area contributed by atoms with Crippen LogP contribution >= 0.6 is 11.8 Å². The Bertz CT molecular complexity index is 863. The van der Waals surface area contributed by atoms with Crippen molar-refractivity contribution in [2.75, 3.05) is 18.8 Å². The van der Waals surface area contributed by atoms with Crippen molar-refractivity contribution in [3.63, 3.8) is 0 Å². The van der Waals surface area contributed by atoms with Gasteiger partial charge in [-0.3, -0.25) is 14.9 Å². The molecule has 1 aliphatic rings. The third-order valence-electron chi connectivity index (χ3n) is 4.53. The van der Waals surface area contributed by atoms with E-state index in [2.05, 4.69) is 0 Å². The molecule has 0 saturated carbocycles. The molecule has 5 nitrogen and oxygen atoms in total. The zero-order valence-corrected chi connectivity index (χ0v) is 15.3. The summed E-state index contributed by atoms with van der Waals surface area (Å²) in [6.45, 7) is 0.866. The number of nitro benzene ring substituents is 1. The summed E-state index contributed by atoms with van der Waals surface area (Å²) in [5, 5.41) is 10.9. The number of halogens is 2. The Kier molecular flexibility index (Phi) is 6.05. The molecule has 0 spiro atoms. The molecule has 1 saturated heterocycles. The van der Waals surface area contributed by atoms with Crippen LogP contribution in [-0.4, -0.2) is 34.6 Å². The van der Waals surface area contributed by atoms with Crippen LogP contribution in [0.5, 0.6) is 0 Å². The first-order chi connectivity index (χ1) is 13.0. The summed E-state index contributed by atoms with van der Waals surface area (Å²) in [5.74, 6) is -0.553. The van der Waals surface area contributed by atoms with Crippen molar-refractivity contribution in [2.24, 2.45) is 0 Å².